The Morgan fingerprint density at radius 3 is 1.39 bits per heavy atom. The van der Waals surface area contributed by atoms with Crippen LogP contribution in [0.3, 0.4) is 0 Å². The van der Waals surface area contributed by atoms with Crippen molar-refractivity contribution >= 4 is 31.9 Å². The summed E-state index contributed by atoms with van der Waals surface area (Å²) in [6, 6.07) is 12.7. The second kappa shape index (κ2) is 12.2. The van der Waals surface area contributed by atoms with Crippen LogP contribution in [0.2, 0.25) is 0 Å². The molecule has 4 heterocycles. The predicted octanol–water partition coefficient (Wildman–Crippen LogP) is 8.40. The highest BCUT2D eigenvalue weighted by molar-refractivity contribution is 9.10. The Balaban J connectivity index is 0.000000142. The Kier molecular flexibility index (Phi) is 8.55. The van der Waals surface area contributed by atoms with Gasteiger partial charge in [0.05, 0.1) is 39.6 Å². The van der Waals surface area contributed by atoms with Crippen LogP contribution in [0.4, 0.5) is 0 Å². The Labute approximate surface area is 277 Å². The molecule has 0 N–H and O–H groups in total. The standard InChI is InChI=1S/2C18H21BrO3/c2*1-2-17-6-7-18(21-9-10-22-18)12-13(17)5-8-20-16-11-14(19)3-4-15(16)17/h2*2-4,11,13H,1,5-10,12H2/t2*13-,17+/m10/s1. The normalized spacial score (nSPS) is 32.7. The van der Waals surface area contributed by atoms with Crippen molar-refractivity contribution < 1.29 is 28.4 Å². The summed E-state index contributed by atoms with van der Waals surface area (Å²) in [7, 11) is 0. The molecule has 4 aliphatic heterocycles. The number of hydrogen-bond acceptors (Lipinski definition) is 6. The highest BCUT2D eigenvalue weighted by atomic mass is 79.9. The van der Waals surface area contributed by atoms with Crippen LogP contribution in [0.15, 0.2) is 70.7 Å². The molecular formula is C36H42Br2O6. The summed E-state index contributed by atoms with van der Waals surface area (Å²) in [5.74, 6) is 2.13. The topological polar surface area (TPSA) is 55.4 Å². The smallest absolute Gasteiger partial charge is 0.168 e. The van der Waals surface area contributed by atoms with Crippen molar-refractivity contribution in [1.82, 2.24) is 0 Å². The summed E-state index contributed by atoms with van der Waals surface area (Å²) in [4.78, 5) is 0. The average molecular weight is 731 g/mol. The summed E-state index contributed by atoms with van der Waals surface area (Å²) in [6.45, 7) is 12.7. The van der Waals surface area contributed by atoms with Gasteiger partial charge in [-0.25, -0.2) is 0 Å². The first-order chi connectivity index (χ1) is 21.3. The van der Waals surface area contributed by atoms with Crippen molar-refractivity contribution in [2.75, 3.05) is 39.6 Å². The van der Waals surface area contributed by atoms with Gasteiger partial charge in [-0.2, -0.15) is 0 Å². The molecule has 2 saturated heterocycles. The molecule has 0 bridgehead atoms. The monoisotopic (exact) mass is 728 g/mol. The van der Waals surface area contributed by atoms with Crippen LogP contribution in [0.5, 0.6) is 11.5 Å². The van der Waals surface area contributed by atoms with Gasteiger partial charge in [0.25, 0.3) is 0 Å². The third kappa shape index (κ3) is 5.31. The Hall–Kier alpha value is -1.68. The molecule has 2 aliphatic carbocycles. The van der Waals surface area contributed by atoms with Gasteiger partial charge in [-0.05, 0) is 61.8 Å². The van der Waals surface area contributed by atoms with Crippen LogP contribution in [-0.4, -0.2) is 51.2 Å². The number of rotatable bonds is 2. The first kappa shape index (κ1) is 30.9. The quantitative estimate of drug-likeness (QED) is 0.290. The molecule has 2 aromatic rings. The lowest BCUT2D eigenvalue weighted by Crippen LogP contribution is -2.47. The fourth-order valence-electron chi connectivity index (χ4n) is 8.85. The van der Waals surface area contributed by atoms with Gasteiger partial charge in [-0.1, -0.05) is 56.1 Å². The van der Waals surface area contributed by atoms with Crippen molar-refractivity contribution in [3.63, 3.8) is 0 Å². The second-order valence-corrected chi connectivity index (χ2v) is 14.9. The molecule has 6 aliphatic rings. The molecule has 8 rings (SSSR count). The lowest BCUT2D eigenvalue weighted by atomic mass is 9.60. The lowest BCUT2D eigenvalue weighted by Gasteiger charge is -2.47. The van der Waals surface area contributed by atoms with Gasteiger partial charge >= 0.3 is 0 Å². The maximum absolute atomic E-state index is 6.04. The first-order valence-corrected chi connectivity index (χ1v) is 17.6. The number of allylic oxidation sites excluding steroid dienone is 2. The fourth-order valence-corrected chi connectivity index (χ4v) is 9.53. The van der Waals surface area contributed by atoms with Gasteiger partial charge in [0.15, 0.2) is 11.6 Å². The number of halogens is 2. The van der Waals surface area contributed by atoms with Crippen LogP contribution < -0.4 is 9.47 Å². The maximum atomic E-state index is 6.04. The van der Waals surface area contributed by atoms with E-state index in [2.05, 4.69) is 93.6 Å². The van der Waals surface area contributed by atoms with Crippen molar-refractivity contribution in [3.8, 4) is 11.5 Å². The Morgan fingerprint density at radius 1 is 0.591 bits per heavy atom. The summed E-state index contributed by atoms with van der Waals surface area (Å²) >= 11 is 7.09. The fraction of sp³-hybridized carbons (Fsp3) is 0.556. The zero-order valence-electron chi connectivity index (χ0n) is 25.3. The molecule has 4 atom stereocenters. The molecule has 0 amide bonds. The highest BCUT2D eigenvalue weighted by Crippen LogP contribution is 2.56. The molecule has 2 saturated carbocycles. The van der Waals surface area contributed by atoms with Gasteiger partial charge in [0, 0.05) is 56.6 Å². The van der Waals surface area contributed by atoms with Crippen molar-refractivity contribution in [1.29, 1.82) is 0 Å². The zero-order valence-corrected chi connectivity index (χ0v) is 28.5. The number of ether oxygens (including phenoxy) is 6. The third-order valence-electron chi connectivity index (χ3n) is 11.1. The van der Waals surface area contributed by atoms with E-state index in [1.54, 1.807) is 0 Å². The van der Waals surface area contributed by atoms with Crippen LogP contribution in [0.1, 0.15) is 62.5 Å². The van der Waals surface area contributed by atoms with Crippen LogP contribution in [0.25, 0.3) is 0 Å². The van der Waals surface area contributed by atoms with Crippen molar-refractivity contribution in [3.05, 3.63) is 81.8 Å². The van der Waals surface area contributed by atoms with Gasteiger partial charge < -0.3 is 28.4 Å². The molecule has 8 heteroatoms. The second-order valence-electron chi connectivity index (χ2n) is 13.1. The summed E-state index contributed by atoms with van der Waals surface area (Å²) in [6.07, 6.45) is 12.0. The van der Waals surface area contributed by atoms with E-state index >= 15 is 0 Å². The van der Waals surface area contributed by atoms with E-state index in [0.29, 0.717) is 38.3 Å². The van der Waals surface area contributed by atoms with E-state index in [0.717, 1.165) is 85.0 Å². The van der Waals surface area contributed by atoms with Crippen molar-refractivity contribution in [2.24, 2.45) is 11.8 Å². The molecular weight excluding hydrogens is 688 g/mol. The van der Waals surface area contributed by atoms with Crippen LogP contribution in [-0.2, 0) is 29.8 Å². The molecule has 0 aromatic heterocycles. The highest BCUT2D eigenvalue weighted by Gasteiger charge is 2.54. The van der Waals surface area contributed by atoms with Crippen LogP contribution >= 0.6 is 31.9 Å². The summed E-state index contributed by atoms with van der Waals surface area (Å²) in [5.41, 5.74) is 2.46. The number of fused-ring (bicyclic) bond motifs is 6. The molecule has 2 aromatic carbocycles. The van der Waals surface area contributed by atoms with Gasteiger partial charge in [0.1, 0.15) is 11.5 Å². The van der Waals surface area contributed by atoms with E-state index in [1.807, 2.05) is 0 Å². The van der Waals surface area contributed by atoms with E-state index in [-0.39, 0.29) is 22.4 Å². The van der Waals surface area contributed by atoms with E-state index in [9.17, 15) is 0 Å². The summed E-state index contributed by atoms with van der Waals surface area (Å²) in [5, 5.41) is 0. The van der Waals surface area contributed by atoms with Gasteiger partial charge in [-0.3, -0.25) is 0 Å². The van der Waals surface area contributed by atoms with E-state index < -0.39 is 0 Å². The molecule has 6 nitrogen and oxygen atoms in total. The average Bonchev–Trinajstić information content (AvgIpc) is 3.61. The maximum Gasteiger partial charge on any atom is 0.168 e. The first-order valence-electron chi connectivity index (χ1n) is 16.0. The van der Waals surface area contributed by atoms with Crippen LogP contribution in [0, 0.1) is 11.8 Å². The summed E-state index contributed by atoms with van der Waals surface area (Å²) < 4.78 is 38.0. The molecule has 2 spiro atoms. The zero-order chi connectivity index (χ0) is 30.4. The van der Waals surface area contributed by atoms with E-state index in [1.165, 1.54) is 11.1 Å². The molecule has 0 radical (unpaired) electrons. The molecule has 0 unspecified atom stereocenters. The Morgan fingerprint density at radius 2 is 1.00 bits per heavy atom. The largest absolute Gasteiger partial charge is 0.493 e. The minimum atomic E-state index is -0.364. The predicted molar refractivity (Wildman–Crippen MR) is 176 cm³/mol. The number of benzene rings is 2. The minimum Gasteiger partial charge on any atom is -0.493 e. The Bertz CT molecular complexity index is 1290. The van der Waals surface area contributed by atoms with Gasteiger partial charge in [-0.15, -0.1) is 13.2 Å². The minimum absolute atomic E-state index is 0.0346. The van der Waals surface area contributed by atoms with Crippen molar-refractivity contribution in [2.45, 2.75) is 73.8 Å². The lowest BCUT2D eigenvalue weighted by molar-refractivity contribution is -0.196. The van der Waals surface area contributed by atoms with Gasteiger partial charge in [0.2, 0.25) is 0 Å². The SMILES string of the molecule is C=C[C@@]12CCC3(C[C@@H]1CCOc1cc(Br)ccc12)OCCO3.C=C[C@]12CCC3(C[C@H]1CCOc1cc(Br)ccc12)OCCO3. The molecule has 44 heavy (non-hydrogen) atoms. The molecule has 4 fully saturated rings. The molecule has 236 valence electrons. The number of hydrogen-bond donors (Lipinski definition) is 0. The third-order valence-corrected chi connectivity index (χ3v) is 12.1. The van der Waals surface area contributed by atoms with E-state index in [4.69, 9.17) is 28.4 Å².